The summed E-state index contributed by atoms with van der Waals surface area (Å²) in [5.41, 5.74) is 2.60. The topological polar surface area (TPSA) is 21.3 Å². The van der Waals surface area contributed by atoms with Gasteiger partial charge in [0.1, 0.15) is 0 Å². The van der Waals surface area contributed by atoms with Gasteiger partial charge in [0.2, 0.25) is 0 Å². The molecule has 1 aliphatic rings. The van der Waals surface area contributed by atoms with E-state index >= 15 is 0 Å². The minimum Gasteiger partial charge on any atom is -0.369 e. The molecule has 1 unspecified atom stereocenters. The summed E-state index contributed by atoms with van der Waals surface area (Å²) in [5.74, 6) is 0. The summed E-state index contributed by atoms with van der Waals surface area (Å²) >= 11 is 0. The summed E-state index contributed by atoms with van der Waals surface area (Å²) in [6.45, 7) is 6.16. The van der Waals surface area contributed by atoms with Crippen molar-refractivity contribution in [2.24, 2.45) is 0 Å². The molecule has 2 heteroatoms. The number of likely N-dealkylation sites (N-methyl/N-ethyl adjacent to an activating group) is 1. The van der Waals surface area contributed by atoms with Crippen LogP contribution in [0, 0.1) is 6.92 Å². The van der Waals surface area contributed by atoms with Gasteiger partial charge >= 0.3 is 0 Å². The van der Waals surface area contributed by atoms with E-state index < -0.39 is 0 Å². The summed E-state index contributed by atoms with van der Waals surface area (Å²) < 4.78 is 6.15. The molecular formula is C15H23NO. The first kappa shape index (κ1) is 12.6. The summed E-state index contributed by atoms with van der Waals surface area (Å²) in [6.07, 6.45) is 4.48. The first-order chi connectivity index (χ1) is 8.29. The van der Waals surface area contributed by atoms with Crippen molar-refractivity contribution in [2.75, 3.05) is 13.1 Å². The largest absolute Gasteiger partial charge is 0.369 e. The van der Waals surface area contributed by atoms with E-state index in [9.17, 15) is 0 Å². The van der Waals surface area contributed by atoms with Gasteiger partial charge in [-0.1, -0.05) is 36.8 Å². The fourth-order valence-corrected chi connectivity index (χ4v) is 2.04. The molecule has 0 bridgehead atoms. The van der Waals surface area contributed by atoms with E-state index in [1.54, 1.807) is 0 Å². The number of rotatable bonds is 6. The molecule has 94 valence electrons. The van der Waals surface area contributed by atoms with Gasteiger partial charge < -0.3 is 10.1 Å². The van der Waals surface area contributed by atoms with Gasteiger partial charge in [0.15, 0.2) is 0 Å². The number of ether oxygens (including phenoxy) is 1. The van der Waals surface area contributed by atoms with Gasteiger partial charge in [0.25, 0.3) is 0 Å². The van der Waals surface area contributed by atoms with Crippen molar-refractivity contribution >= 4 is 0 Å². The zero-order chi connectivity index (χ0) is 12.1. The van der Waals surface area contributed by atoms with Crippen molar-refractivity contribution in [3.63, 3.8) is 0 Å². The Labute approximate surface area is 104 Å². The Morgan fingerprint density at radius 1 is 1.29 bits per heavy atom. The monoisotopic (exact) mass is 233 g/mol. The van der Waals surface area contributed by atoms with Crippen LogP contribution < -0.4 is 5.32 Å². The Bertz CT molecular complexity index is 329. The van der Waals surface area contributed by atoms with Gasteiger partial charge in [0.05, 0.1) is 12.2 Å². The van der Waals surface area contributed by atoms with Crippen molar-refractivity contribution in [2.45, 2.75) is 45.3 Å². The second-order valence-corrected chi connectivity index (χ2v) is 4.90. The van der Waals surface area contributed by atoms with Crippen molar-refractivity contribution in [1.29, 1.82) is 0 Å². The Balaban J connectivity index is 1.99. The van der Waals surface area contributed by atoms with Crippen LogP contribution >= 0.6 is 0 Å². The van der Waals surface area contributed by atoms with Crippen LogP contribution in [0.3, 0.4) is 0 Å². The fraction of sp³-hybridized carbons (Fsp3) is 0.600. The van der Waals surface area contributed by atoms with Gasteiger partial charge in [0, 0.05) is 6.54 Å². The standard InChI is InChI=1S/C15H23NO/c1-3-16-11-15(17-14-5-4-6-14)13-9-7-12(2)8-10-13/h7-10,14-16H,3-6,11H2,1-2H3. The molecule has 17 heavy (non-hydrogen) atoms. The normalized spacial score (nSPS) is 17.8. The maximum Gasteiger partial charge on any atom is 0.0952 e. The molecule has 1 aromatic carbocycles. The highest BCUT2D eigenvalue weighted by Gasteiger charge is 2.23. The molecule has 2 nitrogen and oxygen atoms in total. The van der Waals surface area contributed by atoms with Crippen LogP contribution in [-0.2, 0) is 4.74 Å². The molecule has 0 aliphatic heterocycles. The molecule has 0 heterocycles. The molecule has 0 amide bonds. The third-order valence-electron chi connectivity index (χ3n) is 3.44. The Morgan fingerprint density at radius 2 is 2.00 bits per heavy atom. The van der Waals surface area contributed by atoms with Crippen molar-refractivity contribution in [3.05, 3.63) is 35.4 Å². The SMILES string of the molecule is CCNCC(OC1CCC1)c1ccc(C)cc1. The van der Waals surface area contributed by atoms with E-state index in [1.165, 1.54) is 30.4 Å². The fourth-order valence-electron chi connectivity index (χ4n) is 2.04. The highest BCUT2D eigenvalue weighted by molar-refractivity contribution is 5.23. The number of hydrogen-bond acceptors (Lipinski definition) is 2. The van der Waals surface area contributed by atoms with E-state index in [-0.39, 0.29) is 6.10 Å². The predicted octanol–water partition coefficient (Wildman–Crippen LogP) is 3.21. The second-order valence-electron chi connectivity index (χ2n) is 4.90. The van der Waals surface area contributed by atoms with E-state index in [0.29, 0.717) is 6.10 Å². The average Bonchev–Trinajstić information content (AvgIpc) is 2.28. The minimum absolute atomic E-state index is 0.209. The maximum atomic E-state index is 6.15. The van der Waals surface area contributed by atoms with Gasteiger partial charge in [-0.2, -0.15) is 0 Å². The van der Waals surface area contributed by atoms with Crippen LogP contribution in [0.1, 0.15) is 43.4 Å². The highest BCUT2D eigenvalue weighted by atomic mass is 16.5. The van der Waals surface area contributed by atoms with Gasteiger partial charge in [-0.05, 0) is 38.3 Å². The molecule has 0 radical (unpaired) electrons. The summed E-state index contributed by atoms with van der Waals surface area (Å²) in [7, 11) is 0. The zero-order valence-electron chi connectivity index (χ0n) is 10.9. The lowest BCUT2D eigenvalue weighted by Gasteiger charge is -2.31. The second kappa shape index (κ2) is 6.18. The number of benzene rings is 1. The molecule has 1 atom stereocenters. The van der Waals surface area contributed by atoms with Gasteiger partial charge in [-0.3, -0.25) is 0 Å². The summed E-state index contributed by atoms with van der Waals surface area (Å²) in [4.78, 5) is 0. The summed E-state index contributed by atoms with van der Waals surface area (Å²) in [6, 6.07) is 8.71. The van der Waals surface area contributed by atoms with E-state index in [2.05, 4.69) is 43.4 Å². The molecule has 0 saturated heterocycles. The first-order valence-corrected chi connectivity index (χ1v) is 6.72. The molecule has 2 rings (SSSR count). The Morgan fingerprint density at radius 3 is 2.53 bits per heavy atom. The molecule has 0 aromatic heterocycles. The van der Waals surface area contributed by atoms with Crippen molar-refractivity contribution in [1.82, 2.24) is 5.32 Å². The molecule has 1 fully saturated rings. The maximum absolute atomic E-state index is 6.15. The zero-order valence-corrected chi connectivity index (χ0v) is 10.9. The lowest BCUT2D eigenvalue weighted by atomic mass is 9.95. The third kappa shape index (κ3) is 3.55. The van der Waals surface area contributed by atoms with Gasteiger partial charge in [-0.15, -0.1) is 0 Å². The smallest absolute Gasteiger partial charge is 0.0952 e. The first-order valence-electron chi connectivity index (χ1n) is 6.72. The lowest BCUT2D eigenvalue weighted by molar-refractivity contribution is -0.0517. The average molecular weight is 233 g/mol. The van der Waals surface area contributed by atoms with Crippen molar-refractivity contribution < 1.29 is 4.74 Å². The van der Waals surface area contributed by atoms with E-state index in [1.807, 2.05) is 0 Å². The number of hydrogen-bond donors (Lipinski definition) is 1. The third-order valence-corrected chi connectivity index (χ3v) is 3.44. The number of nitrogens with one attached hydrogen (secondary N) is 1. The van der Waals surface area contributed by atoms with Crippen LogP contribution in [0.15, 0.2) is 24.3 Å². The molecule has 0 spiro atoms. The van der Waals surface area contributed by atoms with Gasteiger partial charge in [-0.25, -0.2) is 0 Å². The van der Waals surface area contributed by atoms with E-state index in [0.717, 1.165) is 13.1 Å². The van der Waals surface area contributed by atoms with E-state index in [4.69, 9.17) is 4.74 Å². The van der Waals surface area contributed by atoms with Crippen LogP contribution in [0.5, 0.6) is 0 Å². The molecule has 1 aliphatic carbocycles. The molecular weight excluding hydrogens is 210 g/mol. The predicted molar refractivity (Wildman–Crippen MR) is 71.2 cm³/mol. The quantitative estimate of drug-likeness (QED) is 0.814. The lowest BCUT2D eigenvalue weighted by Crippen LogP contribution is -2.30. The van der Waals surface area contributed by atoms with Crippen LogP contribution in [0.2, 0.25) is 0 Å². The minimum atomic E-state index is 0.209. The summed E-state index contributed by atoms with van der Waals surface area (Å²) in [5, 5.41) is 3.39. The highest BCUT2D eigenvalue weighted by Crippen LogP contribution is 2.28. The number of aryl methyl sites for hydroxylation is 1. The molecule has 1 N–H and O–H groups in total. The molecule has 1 saturated carbocycles. The van der Waals surface area contributed by atoms with Crippen molar-refractivity contribution in [3.8, 4) is 0 Å². The van der Waals surface area contributed by atoms with Crippen LogP contribution in [0.25, 0.3) is 0 Å². The molecule has 1 aromatic rings. The van der Waals surface area contributed by atoms with Crippen LogP contribution in [0.4, 0.5) is 0 Å². The Hall–Kier alpha value is -0.860. The Kier molecular flexibility index (Phi) is 4.57. The van der Waals surface area contributed by atoms with Crippen LogP contribution in [-0.4, -0.2) is 19.2 Å².